The highest BCUT2D eigenvalue weighted by molar-refractivity contribution is 5.59. The second-order valence-corrected chi connectivity index (χ2v) is 4.83. The van der Waals surface area contributed by atoms with Gasteiger partial charge in [0.15, 0.2) is 17.2 Å². The number of nitrogens with zero attached hydrogens (tertiary/aromatic N) is 4. The second-order valence-electron chi connectivity index (χ2n) is 4.83. The first-order valence-electron chi connectivity index (χ1n) is 6.86. The molecule has 0 aliphatic heterocycles. The fourth-order valence-corrected chi connectivity index (χ4v) is 2.18. The fourth-order valence-electron chi connectivity index (χ4n) is 2.18. The Balaban J connectivity index is 1.99. The largest absolute Gasteiger partial charge is 0.504 e. The van der Waals surface area contributed by atoms with Crippen LogP contribution in [0.25, 0.3) is 5.65 Å². The molecule has 0 amide bonds. The lowest BCUT2D eigenvalue weighted by Gasteiger charge is -1.98. The van der Waals surface area contributed by atoms with Crippen LogP contribution in [0, 0.1) is 6.92 Å². The normalized spacial score (nSPS) is 11.5. The molecule has 0 saturated heterocycles. The molecule has 0 atom stereocenters. The van der Waals surface area contributed by atoms with Gasteiger partial charge >= 0.3 is 0 Å². The third-order valence-electron chi connectivity index (χ3n) is 3.38. The van der Waals surface area contributed by atoms with E-state index >= 15 is 0 Å². The third-order valence-corrected chi connectivity index (χ3v) is 3.38. The van der Waals surface area contributed by atoms with Crippen LogP contribution >= 0.6 is 0 Å². The van der Waals surface area contributed by atoms with Crippen molar-refractivity contribution in [2.24, 2.45) is 10.2 Å². The number of rotatable bonds is 3. The molecule has 0 spiro atoms. The van der Waals surface area contributed by atoms with E-state index in [1.165, 1.54) is 5.56 Å². The zero-order valence-electron chi connectivity index (χ0n) is 12.0. The SMILES string of the molecule is CCc1ccc(N=Nc2c(C)nc3c(O)cccn23)cc1. The summed E-state index contributed by atoms with van der Waals surface area (Å²) in [5.74, 6) is 0.759. The number of aromatic nitrogens is 2. The minimum absolute atomic E-state index is 0.134. The highest BCUT2D eigenvalue weighted by Crippen LogP contribution is 2.27. The monoisotopic (exact) mass is 280 g/mol. The molecule has 0 radical (unpaired) electrons. The van der Waals surface area contributed by atoms with Crippen molar-refractivity contribution in [2.75, 3.05) is 0 Å². The standard InChI is InChI=1S/C16H16N4O/c1-3-12-6-8-13(9-7-12)18-19-15-11(2)17-16-14(21)5-4-10-20(15)16/h4-10,21H,3H2,1-2H3. The average molecular weight is 280 g/mol. The van der Waals surface area contributed by atoms with Crippen molar-refractivity contribution >= 4 is 17.2 Å². The molecule has 0 aliphatic rings. The molecule has 2 aromatic heterocycles. The fraction of sp³-hybridized carbons (Fsp3) is 0.188. The van der Waals surface area contributed by atoms with Gasteiger partial charge in [-0.3, -0.25) is 4.40 Å². The van der Waals surface area contributed by atoms with Crippen molar-refractivity contribution in [1.29, 1.82) is 0 Å². The number of azo groups is 1. The lowest BCUT2D eigenvalue weighted by molar-refractivity contribution is 0.477. The van der Waals surface area contributed by atoms with Gasteiger partial charge in [-0.25, -0.2) is 4.98 Å². The minimum Gasteiger partial charge on any atom is -0.504 e. The molecule has 3 rings (SSSR count). The molecule has 1 aromatic carbocycles. The summed E-state index contributed by atoms with van der Waals surface area (Å²) in [6.45, 7) is 3.96. The van der Waals surface area contributed by atoms with Gasteiger partial charge in [-0.2, -0.15) is 0 Å². The van der Waals surface area contributed by atoms with E-state index in [9.17, 15) is 5.11 Å². The predicted octanol–water partition coefficient (Wildman–Crippen LogP) is 4.33. The van der Waals surface area contributed by atoms with Gasteiger partial charge in [0.1, 0.15) is 0 Å². The minimum atomic E-state index is 0.134. The number of benzene rings is 1. The summed E-state index contributed by atoms with van der Waals surface area (Å²) in [6, 6.07) is 11.3. The van der Waals surface area contributed by atoms with Crippen LogP contribution in [0.2, 0.25) is 0 Å². The van der Waals surface area contributed by atoms with Crippen molar-refractivity contribution in [3.63, 3.8) is 0 Å². The molecular formula is C16H16N4O. The Bertz CT molecular complexity index is 803. The van der Waals surface area contributed by atoms with Crippen molar-refractivity contribution in [2.45, 2.75) is 20.3 Å². The Hall–Kier alpha value is -2.69. The first-order valence-corrected chi connectivity index (χ1v) is 6.86. The molecule has 5 nitrogen and oxygen atoms in total. The highest BCUT2D eigenvalue weighted by atomic mass is 16.3. The first-order chi connectivity index (χ1) is 10.2. The van der Waals surface area contributed by atoms with Crippen molar-refractivity contribution in [1.82, 2.24) is 9.38 Å². The highest BCUT2D eigenvalue weighted by Gasteiger charge is 2.10. The number of pyridine rings is 1. The lowest BCUT2D eigenvalue weighted by atomic mass is 10.2. The predicted molar refractivity (Wildman–Crippen MR) is 81.6 cm³/mol. The van der Waals surface area contributed by atoms with E-state index in [2.05, 4.69) is 22.1 Å². The smallest absolute Gasteiger partial charge is 0.182 e. The van der Waals surface area contributed by atoms with E-state index in [0.717, 1.165) is 17.8 Å². The molecule has 0 aliphatic carbocycles. The molecule has 5 heteroatoms. The van der Waals surface area contributed by atoms with Gasteiger partial charge in [-0.05, 0) is 43.2 Å². The van der Waals surface area contributed by atoms with Gasteiger partial charge in [-0.1, -0.05) is 19.1 Å². The maximum Gasteiger partial charge on any atom is 0.182 e. The van der Waals surface area contributed by atoms with Crippen molar-refractivity contribution in [3.05, 3.63) is 53.9 Å². The van der Waals surface area contributed by atoms with E-state index in [-0.39, 0.29) is 5.75 Å². The number of aromatic hydroxyl groups is 1. The Morgan fingerprint density at radius 3 is 2.62 bits per heavy atom. The zero-order valence-corrected chi connectivity index (χ0v) is 12.0. The van der Waals surface area contributed by atoms with E-state index in [1.54, 1.807) is 16.5 Å². The van der Waals surface area contributed by atoms with Crippen LogP contribution in [0.4, 0.5) is 11.5 Å². The Morgan fingerprint density at radius 1 is 1.14 bits per heavy atom. The summed E-state index contributed by atoms with van der Waals surface area (Å²) in [4.78, 5) is 4.31. The van der Waals surface area contributed by atoms with E-state index in [0.29, 0.717) is 11.5 Å². The molecule has 0 bridgehead atoms. The molecule has 1 N–H and O–H groups in total. The molecule has 3 aromatic rings. The molecule has 0 saturated carbocycles. The van der Waals surface area contributed by atoms with Gasteiger partial charge in [0.25, 0.3) is 0 Å². The zero-order chi connectivity index (χ0) is 14.8. The van der Waals surface area contributed by atoms with Gasteiger partial charge in [0.05, 0.1) is 11.4 Å². The number of hydrogen-bond acceptors (Lipinski definition) is 4. The van der Waals surface area contributed by atoms with Gasteiger partial charge in [0, 0.05) is 6.20 Å². The summed E-state index contributed by atoms with van der Waals surface area (Å²) >= 11 is 0. The van der Waals surface area contributed by atoms with E-state index < -0.39 is 0 Å². The quantitative estimate of drug-likeness (QED) is 0.726. The van der Waals surface area contributed by atoms with Gasteiger partial charge < -0.3 is 5.11 Å². The molecular weight excluding hydrogens is 264 g/mol. The topological polar surface area (TPSA) is 62.2 Å². The van der Waals surface area contributed by atoms with Crippen LogP contribution in [0.3, 0.4) is 0 Å². The Kier molecular flexibility index (Phi) is 3.39. The van der Waals surface area contributed by atoms with E-state index in [4.69, 9.17) is 0 Å². The Morgan fingerprint density at radius 2 is 1.90 bits per heavy atom. The van der Waals surface area contributed by atoms with Crippen LogP contribution < -0.4 is 0 Å². The number of imidazole rings is 1. The van der Waals surface area contributed by atoms with Crippen LogP contribution in [0.15, 0.2) is 52.8 Å². The summed E-state index contributed by atoms with van der Waals surface area (Å²) in [5, 5.41) is 18.3. The van der Waals surface area contributed by atoms with Crippen LogP contribution in [0.5, 0.6) is 5.75 Å². The van der Waals surface area contributed by atoms with Crippen LogP contribution in [-0.4, -0.2) is 14.5 Å². The van der Waals surface area contributed by atoms with Gasteiger partial charge in [0.2, 0.25) is 0 Å². The van der Waals surface area contributed by atoms with E-state index in [1.807, 2.05) is 37.4 Å². The summed E-state index contributed by atoms with van der Waals surface area (Å²) in [5.41, 5.74) is 3.28. The van der Waals surface area contributed by atoms with Crippen LogP contribution in [-0.2, 0) is 6.42 Å². The van der Waals surface area contributed by atoms with Gasteiger partial charge in [-0.15, -0.1) is 10.2 Å². The maximum absolute atomic E-state index is 9.80. The van der Waals surface area contributed by atoms with Crippen molar-refractivity contribution in [3.8, 4) is 5.75 Å². The average Bonchev–Trinajstić information content (AvgIpc) is 2.83. The molecule has 0 unspecified atom stereocenters. The Labute approximate surface area is 122 Å². The summed E-state index contributed by atoms with van der Waals surface area (Å²) in [6.07, 6.45) is 2.81. The molecule has 2 heterocycles. The molecule has 0 fully saturated rings. The molecule has 106 valence electrons. The summed E-state index contributed by atoms with van der Waals surface area (Å²) < 4.78 is 1.73. The summed E-state index contributed by atoms with van der Waals surface area (Å²) in [7, 11) is 0. The molecule has 21 heavy (non-hydrogen) atoms. The number of hydrogen-bond donors (Lipinski definition) is 1. The van der Waals surface area contributed by atoms with Crippen molar-refractivity contribution < 1.29 is 5.11 Å². The number of fused-ring (bicyclic) bond motifs is 1. The lowest BCUT2D eigenvalue weighted by Crippen LogP contribution is -1.82. The second kappa shape index (κ2) is 5.36. The number of aryl methyl sites for hydroxylation is 2. The maximum atomic E-state index is 9.80. The first kappa shape index (κ1) is 13.3. The third kappa shape index (κ3) is 2.50. The van der Waals surface area contributed by atoms with Crippen LogP contribution in [0.1, 0.15) is 18.2 Å².